The summed E-state index contributed by atoms with van der Waals surface area (Å²) in [5, 5.41) is 11.9. The number of carboxylic acid groups (broad SMARTS) is 1. The summed E-state index contributed by atoms with van der Waals surface area (Å²) < 4.78 is -0.192. The first-order chi connectivity index (χ1) is 9.21. The Morgan fingerprint density at radius 2 is 1.47 bits per heavy atom. The van der Waals surface area contributed by atoms with Gasteiger partial charge in [0.05, 0.1) is 6.54 Å². The number of nitrogens with zero attached hydrogens (tertiary/aromatic N) is 1. The summed E-state index contributed by atoms with van der Waals surface area (Å²) in [7, 11) is 0. The van der Waals surface area contributed by atoms with E-state index >= 15 is 0 Å². The Morgan fingerprint density at radius 3 is 1.89 bits per heavy atom. The summed E-state index contributed by atoms with van der Waals surface area (Å²) in [5.74, 6) is 0. The molecule has 0 atom stereocenters. The number of hydrogen-bond donors (Lipinski definition) is 0. The second-order valence-electron chi connectivity index (χ2n) is 4.83. The molecular weight excluding hydrogens is 238 g/mol. The van der Waals surface area contributed by atoms with Crippen LogP contribution in [0.2, 0.25) is 0 Å². The van der Waals surface area contributed by atoms with E-state index in [4.69, 9.17) is 0 Å². The molecule has 0 aromatic heterocycles. The lowest BCUT2D eigenvalue weighted by molar-refractivity contribution is -0.260. The number of amides is 1. The molecule has 0 spiro atoms. The van der Waals surface area contributed by atoms with Gasteiger partial charge in [0.2, 0.25) is 0 Å². The van der Waals surface area contributed by atoms with Gasteiger partial charge in [0, 0.05) is 23.3 Å². The molecule has 19 heavy (non-hydrogen) atoms. The minimum Gasteiger partial charge on any atom is -0.498 e. The van der Waals surface area contributed by atoms with Gasteiger partial charge in [0.1, 0.15) is 0 Å². The highest BCUT2D eigenvalue weighted by molar-refractivity contribution is 6.04. The lowest BCUT2D eigenvalue weighted by Crippen LogP contribution is -2.55. The van der Waals surface area contributed by atoms with Gasteiger partial charge in [0.25, 0.3) is 6.09 Å². The van der Waals surface area contributed by atoms with Gasteiger partial charge in [-0.2, -0.15) is 0 Å². The zero-order valence-electron chi connectivity index (χ0n) is 10.8. The van der Waals surface area contributed by atoms with Gasteiger partial charge in [0.15, 0.2) is 11.4 Å². The number of quaternary nitrogens is 1. The van der Waals surface area contributed by atoms with E-state index in [0.29, 0.717) is 6.54 Å². The molecule has 0 radical (unpaired) electrons. The van der Waals surface area contributed by atoms with Crippen LogP contribution in [0.25, 0.3) is 11.1 Å². The van der Waals surface area contributed by atoms with Crippen LogP contribution < -0.4 is 9.59 Å². The Bertz CT molecular complexity index is 603. The maximum atomic E-state index is 11.9. The van der Waals surface area contributed by atoms with E-state index in [1.807, 2.05) is 55.5 Å². The van der Waals surface area contributed by atoms with Crippen LogP contribution in [0.4, 0.5) is 16.2 Å². The molecule has 0 bridgehead atoms. The van der Waals surface area contributed by atoms with Crippen molar-refractivity contribution >= 4 is 17.5 Å². The van der Waals surface area contributed by atoms with E-state index in [9.17, 15) is 9.90 Å². The Kier molecular flexibility index (Phi) is 2.64. The Balaban J connectivity index is 2.38. The van der Waals surface area contributed by atoms with Crippen molar-refractivity contribution in [1.82, 2.24) is 4.48 Å². The summed E-state index contributed by atoms with van der Waals surface area (Å²) in [6.45, 7) is 2.50. The summed E-state index contributed by atoms with van der Waals surface area (Å²) in [6, 6.07) is 15.4. The van der Waals surface area contributed by atoms with Crippen LogP contribution in [0.3, 0.4) is 0 Å². The average Bonchev–Trinajstić information content (AvgIpc) is 2.72. The van der Waals surface area contributed by atoms with Crippen molar-refractivity contribution in [3.05, 3.63) is 48.5 Å². The van der Waals surface area contributed by atoms with Crippen molar-refractivity contribution in [2.45, 2.75) is 13.3 Å². The summed E-state index contributed by atoms with van der Waals surface area (Å²) in [6.07, 6.45) is -0.282. The monoisotopic (exact) mass is 253 g/mol. The molecule has 1 heterocycles. The van der Waals surface area contributed by atoms with E-state index in [-0.39, 0.29) is 4.48 Å². The van der Waals surface area contributed by atoms with Gasteiger partial charge < -0.3 is 9.90 Å². The van der Waals surface area contributed by atoms with Crippen molar-refractivity contribution in [3.8, 4) is 11.1 Å². The number of para-hydroxylation sites is 2. The summed E-state index contributed by atoms with van der Waals surface area (Å²) >= 11 is 0. The molecule has 0 fully saturated rings. The largest absolute Gasteiger partial charge is 0.498 e. The van der Waals surface area contributed by atoms with Gasteiger partial charge in [-0.05, 0) is 18.6 Å². The Labute approximate surface area is 112 Å². The van der Waals surface area contributed by atoms with Crippen molar-refractivity contribution in [1.29, 1.82) is 0 Å². The Morgan fingerprint density at radius 1 is 1.00 bits per heavy atom. The van der Waals surface area contributed by atoms with Gasteiger partial charge in [-0.1, -0.05) is 31.2 Å². The molecule has 0 unspecified atom stereocenters. The molecule has 0 aliphatic carbocycles. The van der Waals surface area contributed by atoms with E-state index < -0.39 is 6.09 Å². The number of rotatable bonds is 2. The molecule has 0 saturated heterocycles. The molecule has 1 aliphatic heterocycles. The second-order valence-corrected chi connectivity index (χ2v) is 4.83. The topological polar surface area (TPSA) is 40.1 Å². The minimum absolute atomic E-state index is 0.192. The number of carbonyl (C=O) groups is 1. The second kappa shape index (κ2) is 4.21. The molecule has 1 amide bonds. The standard InChI is InChI=1S/C16H15NO2/c1-2-11-17(16(18)19)14-9-5-3-7-12(14)13-8-4-6-10-15(13)17/h3-10H,2,11H2,1H3. The van der Waals surface area contributed by atoms with Crippen molar-refractivity contribution in [3.63, 3.8) is 0 Å². The zero-order chi connectivity index (χ0) is 13.5. The van der Waals surface area contributed by atoms with Crippen LogP contribution in [0, 0.1) is 0 Å². The first-order valence-corrected chi connectivity index (χ1v) is 6.51. The van der Waals surface area contributed by atoms with Crippen LogP contribution in [0.15, 0.2) is 48.5 Å². The highest BCUT2D eigenvalue weighted by Gasteiger charge is 2.44. The highest BCUT2D eigenvalue weighted by Crippen LogP contribution is 2.52. The fourth-order valence-electron chi connectivity index (χ4n) is 3.06. The third-order valence-electron chi connectivity index (χ3n) is 3.79. The van der Waals surface area contributed by atoms with Crippen molar-refractivity contribution in [2.75, 3.05) is 6.54 Å². The van der Waals surface area contributed by atoms with E-state index in [0.717, 1.165) is 28.9 Å². The van der Waals surface area contributed by atoms with Gasteiger partial charge in [-0.3, -0.25) is 0 Å². The van der Waals surface area contributed by atoms with Crippen LogP contribution in [-0.2, 0) is 0 Å². The minimum atomic E-state index is -1.06. The molecule has 96 valence electrons. The quantitative estimate of drug-likeness (QED) is 0.772. The maximum Gasteiger partial charge on any atom is 0.268 e. The molecule has 2 aromatic rings. The van der Waals surface area contributed by atoms with Crippen molar-refractivity contribution in [2.24, 2.45) is 0 Å². The molecule has 3 rings (SSSR count). The third-order valence-corrected chi connectivity index (χ3v) is 3.79. The molecule has 3 heteroatoms. The van der Waals surface area contributed by atoms with Crippen LogP contribution in [0.5, 0.6) is 0 Å². The van der Waals surface area contributed by atoms with E-state index in [1.165, 1.54) is 0 Å². The third kappa shape index (κ3) is 1.45. The average molecular weight is 253 g/mol. The number of carbonyl (C=O) groups excluding carboxylic acids is 1. The van der Waals surface area contributed by atoms with Crippen LogP contribution in [-0.4, -0.2) is 12.6 Å². The van der Waals surface area contributed by atoms with E-state index in [1.54, 1.807) is 0 Å². The summed E-state index contributed by atoms with van der Waals surface area (Å²) in [5.41, 5.74) is 3.61. The van der Waals surface area contributed by atoms with Gasteiger partial charge in [-0.15, -0.1) is 0 Å². The molecule has 2 aromatic carbocycles. The van der Waals surface area contributed by atoms with E-state index in [2.05, 4.69) is 0 Å². The van der Waals surface area contributed by atoms with Crippen LogP contribution in [0.1, 0.15) is 13.3 Å². The first kappa shape index (κ1) is 11.9. The molecule has 1 aliphatic rings. The smallest absolute Gasteiger partial charge is 0.268 e. The molecule has 3 nitrogen and oxygen atoms in total. The lowest BCUT2D eigenvalue weighted by atomic mass is 10.1. The predicted molar refractivity (Wildman–Crippen MR) is 73.9 cm³/mol. The van der Waals surface area contributed by atoms with Crippen LogP contribution >= 0.6 is 0 Å². The fraction of sp³-hybridized carbons (Fsp3) is 0.188. The highest BCUT2D eigenvalue weighted by atomic mass is 16.4. The summed E-state index contributed by atoms with van der Waals surface area (Å²) in [4.78, 5) is 11.9. The zero-order valence-corrected chi connectivity index (χ0v) is 10.8. The predicted octanol–water partition coefficient (Wildman–Crippen LogP) is 3.06. The molecule has 0 saturated carbocycles. The van der Waals surface area contributed by atoms with Crippen molar-refractivity contribution < 1.29 is 9.90 Å². The number of fused-ring (bicyclic) bond motifs is 3. The maximum absolute atomic E-state index is 11.9. The van der Waals surface area contributed by atoms with Gasteiger partial charge in [-0.25, -0.2) is 4.48 Å². The fourth-order valence-corrected chi connectivity index (χ4v) is 3.06. The lowest BCUT2D eigenvalue weighted by Gasteiger charge is -2.33. The van der Waals surface area contributed by atoms with Gasteiger partial charge >= 0.3 is 0 Å². The SMILES string of the molecule is CCC[N+]1(C(=O)[O-])c2ccccc2-c2ccccc21. The first-order valence-electron chi connectivity index (χ1n) is 6.51. The molecular formula is C16H15NO2. The Hall–Kier alpha value is -2.13. The number of benzene rings is 2. The number of hydrogen-bond acceptors (Lipinski definition) is 2. The normalized spacial score (nSPS) is 14.8. The molecule has 0 N–H and O–H groups in total.